The first-order valence-corrected chi connectivity index (χ1v) is 8.10. The van der Waals surface area contributed by atoms with E-state index in [1.807, 2.05) is 36.4 Å². The van der Waals surface area contributed by atoms with Crippen molar-refractivity contribution in [3.63, 3.8) is 0 Å². The van der Waals surface area contributed by atoms with Gasteiger partial charge in [-0.2, -0.15) is 0 Å². The maximum Gasteiger partial charge on any atom is 0.241 e. The summed E-state index contributed by atoms with van der Waals surface area (Å²) < 4.78 is 0. The lowest BCUT2D eigenvalue weighted by molar-refractivity contribution is -0.117. The highest BCUT2D eigenvalue weighted by Crippen LogP contribution is 2.15. The fraction of sp³-hybridized carbons (Fsp3) is 0.250. The number of nitrogens with one attached hydrogen (secondary N) is 2. The van der Waals surface area contributed by atoms with Gasteiger partial charge in [0.15, 0.2) is 0 Å². The lowest BCUT2D eigenvalue weighted by atomic mass is 10.1. The molecule has 1 aliphatic rings. The maximum atomic E-state index is 12.1. The molecule has 118 valence electrons. The van der Waals surface area contributed by atoms with Crippen LogP contribution in [0.25, 0.3) is 12.2 Å². The molecule has 2 aromatic carbocycles. The van der Waals surface area contributed by atoms with E-state index in [0.717, 1.165) is 30.6 Å². The molecule has 1 amide bonds. The number of rotatable bonds is 4. The summed E-state index contributed by atoms with van der Waals surface area (Å²) in [6.07, 6.45) is 6.20. The molecule has 0 aromatic heterocycles. The lowest BCUT2D eigenvalue weighted by Crippen LogP contribution is -2.35. The van der Waals surface area contributed by atoms with Crippen LogP contribution in [0.15, 0.2) is 48.5 Å². The zero-order valence-electron chi connectivity index (χ0n) is 13.4. The fourth-order valence-electron chi connectivity index (χ4n) is 2.78. The number of carbonyl (C=O) groups is 1. The Morgan fingerprint density at radius 1 is 1.13 bits per heavy atom. The number of hydrogen-bond acceptors (Lipinski definition) is 2. The van der Waals surface area contributed by atoms with Crippen molar-refractivity contribution in [1.29, 1.82) is 0 Å². The number of anilines is 1. The van der Waals surface area contributed by atoms with Gasteiger partial charge in [0.25, 0.3) is 0 Å². The van der Waals surface area contributed by atoms with E-state index in [1.165, 1.54) is 11.1 Å². The predicted molar refractivity (Wildman–Crippen MR) is 96.2 cm³/mol. The van der Waals surface area contributed by atoms with Crippen LogP contribution in [0.3, 0.4) is 0 Å². The van der Waals surface area contributed by atoms with Gasteiger partial charge in [-0.1, -0.05) is 48.6 Å². The summed E-state index contributed by atoms with van der Waals surface area (Å²) >= 11 is 0. The molecule has 1 atom stereocenters. The van der Waals surface area contributed by atoms with E-state index in [4.69, 9.17) is 0 Å². The van der Waals surface area contributed by atoms with Crippen molar-refractivity contribution in [2.75, 3.05) is 11.9 Å². The van der Waals surface area contributed by atoms with Gasteiger partial charge < -0.3 is 10.6 Å². The third kappa shape index (κ3) is 4.08. The summed E-state index contributed by atoms with van der Waals surface area (Å²) in [7, 11) is 0. The molecule has 2 N–H and O–H groups in total. The minimum absolute atomic E-state index is 0.0457. The monoisotopic (exact) mass is 306 g/mol. The Morgan fingerprint density at radius 3 is 2.61 bits per heavy atom. The largest absolute Gasteiger partial charge is 0.325 e. The van der Waals surface area contributed by atoms with Crippen molar-refractivity contribution < 1.29 is 4.79 Å². The molecule has 1 heterocycles. The number of amides is 1. The molecule has 0 radical (unpaired) electrons. The smallest absolute Gasteiger partial charge is 0.241 e. The van der Waals surface area contributed by atoms with Crippen LogP contribution in [0.2, 0.25) is 0 Å². The third-order valence-electron chi connectivity index (χ3n) is 4.20. The highest BCUT2D eigenvalue weighted by atomic mass is 16.2. The second kappa shape index (κ2) is 7.25. The van der Waals surface area contributed by atoms with Crippen LogP contribution in [0.5, 0.6) is 0 Å². The summed E-state index contributed by atoms with van der Waals surface area (Å²) in [5.74, 6) is 0.0608. The van der Waals surface area contributed by atoms with Crippen molar-refractivity contribution >= 4 is 23.7 Å². The van der Waals surface area contributed by atoms with E-state index < -0.39 is 0 Å². The van der Waals surface area contributed by atoms with Crippen LogP contribution in [-0.2, 0) is 4.79 Å². The second-order valence-electron chi connectivity index (χ2n) is 5.95. The molecular formula is C20H22N2O. The lowest BCUT2D eigenvalue weighted by Gasteiger charge is -2.11. The van der Waals surface area contributed by atoms with Crippen molar-refractivity contribution in [3.8, 4) is 0 Å². The molecule has 3 heteroatoms. The van der Waals surface area contributed by atoms with Gasteiger partial charge in [-0.15, -0.1) is 0 Å². The number of hydrogen-bond donors (Lipinski definition) is 2. The SMILES string of the molecule is Cc1ccccc1/C=C/c1ccc(NC(=O)C2CCCN2)cc1. The average Bonchev–Trinajstić information content (AvgIpc) is 3.10. The van der Waals surface area contributed by atoms with Gasteiger partial charge in [-0.3, -0.25) is 4.79 Å². The highest BCUT2D eigenvalue weighted by molar-refractivity contribution is 5.95. The molecule has 3 rings (SSSR count). The summed E-state index contributed by atoms with van der Waals surface area (Å²) in [6, 6.07) is 16.2. The van der Waals surface area contributed by atoms with Gasteiger partial charge in [0, 0.05) is 5.69 Å². The maximum absolute atomic E-state index is 12.1. The van der Waals surface area contributed by atoms with Crippen molar-refractivity contribution in [3.05, 3.63) is 65.2 Å². The third-order valence-corrected chi connectivity index (χ3v) is 4.20. The first-order valence-electron chi connectivity index (χ1n) is 8.10. The topological polar surface area (TPSA) is 41.1 Å². The summed E-state index contributed by atoms with van der Waals surface area (Å²) in [5.41, 5.74) is 4.44. The number of carbonyl (C=O) groups excluding carboxylic acids is 1. The summed E-state index contributed by atoms with van der Waals surface area (Å²) in [5, 5.41) is 6.18. The molecule has 3 nitrogen and oxygen atoms in total. The van der Waals surface area contributed by atoms with Gasteiger partial charge >= 0.3 is 0 Å². The number of benzene rings is 2. The second-order valence-corrected chi connectivity index (χ2v) is 5.95. The Kier molecular flexibility index (Phi) is 4.89. The van der Waals surface area contributed by atoms with E-state index in [9.17, 15) is 4.79 Å². The van der Waals surface area contributed by atoms with Crippen LogP contribution in [0.1, 0.15) is 29.5 Å². The van der Waals surface area contributed by atoms with Crippen LogP contribution >= 0.6 is 0 Å². The van der Waals surface area contributed by atoms with Gasteiger partial charge in [-0.05, 0) is 55.1 Å². The zero-order chi connectivity index (χ0) is 16.1. The first kappa shape index (κ1) is 15.5. The molecule has 0 saturated carbocycles. The number of aryl methyl sites for hydroxylation is 1. The normalized spacial score (nSPS) is 17.5. The highest BCUT2D eigenvalue weighted by Gasteiger charge is 2.21. The Balaban J connectivity index is 1.63. The Bertz CT molecular complexity index is 698. The Labute approximate surface area is 137 Å². The Hall–Kier alpha value is -2.39. The van der Waals surface area contributed by atoms with Gasteiger partial charge in [0.05, 0.1) is 6.04 Å². The zero-order valence-corrected chi connectivity index (χ0v) is 13.4. The van der Waals surface area contributed by atoms with Crippen molar-refractivity contribution in [2.45, 2.75) is 25.8 Å². The van der Waals surface area contributed by atoms with Crippen LogP contribution in [-0.4, -0.2) is 18.5 Å². The fourth-order valence-corrected chi connectivity index (χ4v) is 2.78. The molecule has 1 unspecified atom stereocenters. The summed E-state index contributed by atoms with van der Waals surface area (Å²) in [6.45, 7) is 3.04. The molecular weight excluding hydrogens is 284 g/mol. The molecule has 0 aliphatic carbocycles. The molecule has 1 fully saturated rings. The standard InChI is InChI=1S/C20H22N2O/c1-15-5-2-3-6-17(15)11-8-16-9-12-18(13-10-16)22-20(23)19-7-4-14-21-19/h2-3,5-6,8-13,19,21H,4,7,14H2,1H3,(H,22,23)/b11-8+. The van der Waals surface area contributed by atoms with Crippen LogP contribution < -0.4 is 10.6 Å². The molecule has 1 saturated heterocycles. The van der Waals surface area contributed by atoms with Crippen LogP contribution in [0.4, 0.5) is 5.69 Å². The molecule has 0 bridgehead atoms. The van der Waals surface area contributed by atoms with E-state index in [2.05, 4.69) is 41.8 Å². The van der Waals surface area contributed by atoms with E-state index in [1.54, 1.807) is 0 Å². The molecule has 23 heavy (non-hydrogen) atoms. The predicted octanol–water partition coefficient (Wildman–Crippen LogP) is 3.86. The van der Waals surface area contributed by atoms with E-state index >= 15 is 0 Å². The van der Waals surface area contributed by atoms with Crippen molar-refractivity contribution in [2.24, 2.45) is 0 Å². The summed E-state index contributed by atoms with van der Waals surface area (Å²) in [4.78, 5) is 12.1. The minimum Gasteiger partial charge on any atom is -0.325 e. The van der Waals surface area contributed by atoms with E-state index in [-0.39, 0.29) is 11.9 Å². The Morgan fingerprint density at radius 2 is 1.91 bits per heavy atom. The van der Waals surface area contributed by atoms with Gasteiger partial charge in [0.1, 0.15) is 0 Å². The van der Waals surface area contributed by atoms with Crippen LogP contribution in [0, 0.1) is 6.92 Å². The van der Waals surface area contributed by atoms with Crippen molar-refractivity contribution in [1.82, 2.24) is 5.32 Å². The average molecular weight is 306 g/mol. The molecule has 0 spiro atoms. The van der Waals surface area contributed by atoms with Gasteiger partial charge in [0.2, 0.25) is 5.91 Å². The first-order chi connectivity index (χ1) is 11.2. The van der Waals surface area contributed by atoms with Gasteiger partial charge in [-0.25, -0.2) is 0 Å². The molecule has 2 aromatic rings. The molecule has 1 aliphatic heterocycles. The van der Waals surface area contributed by atoms with E-state index in [0.29, 0.717) is 0 Å². The quantitative estimate of drug-likeness (QED) is 0.842. The minimum atomic E-state index is -0.0457.